The van der Waals surface area contributed by atoms with Crippen LogP contribution in [-0.4, -0.2) is 120 Å². The van der Waals surface area contributed by atoms with E-state index in [2.05, 4.69) is 4.98 Å². The Kier molecular flexibility index (Phi) is 7.08. The van der Waals surface area contributed by atoms with Crippen LogP contribution >= 0.6 is 0 Å². The molecule has 0 spiro atoms. The lowest BCUT2D eigenvalue weighted by molar-refractivity contribution is -0.323. The van der Waals surface area contributed by atoms with Gasteiger partial charge in [-0.15, -0.1) is 0 Å². The lowest BCUT2D eigenvalue weighted by Gasteiger charge is -2.42. The third kappa shape index (κ3) is 4.29. The van der Waals surface area contributed by atoms with Crippen molar-refractivity contribution in [2.24, 2.45) is 0 Å². The number of aromatic nitrogens is 2. The Morgan fingerprint density at radius 1 is 0.825 bits per heavy atom. The van der Waals surface area contributed by atoms with Crippen molar-refractivity contribution in [1.29, 1.82) is 0 Å². The van der Waals surface area contributed by atoms with Crippen LogP contribution in [0.5, 0.6) is 5.75 Å². The number of ether oxygens (including phenoxy) is 4. The Morgan fingerprint density at radius 3 is 2.25 bits per heavy atom. The highest BCUT2D eigenvalue weighted by Gasteiger charge is 2.48. The number of fused-ring (bicyclic) bond motifs is 3. The zero-order valence-corrected chi connectivity index (χ0v) is 20.8. The van der Waals surface area contributed by atoms with Crippen molar-refractivity contribution in [2.45, 2.75) is 61.4 Å². The fourth-order valence-electron chi connectivity index (χ4n) is 5.31. The molecule has 1 unspecified atom stereocenters. The van der Waals surface area contributed by atoms with Crippen LogP contribution in [0.25, 0.3) is 27.3 Å². The van der Waals surface area contributed by atoms with Crippen molar-refractivity contribution >= 4 is 27.3 Å². The lowest BCUT2D eigenvalue weighted by atomic mass is 9.98. The number of hydrogen-bond donors (Lipinski definition) is 7. The zero-order valence-electron chi connectivity index (χ0n) is 20.8. The van der Waals surface area contributed by atoms with E-state index < -0.39 is 80.2 Å². The van der Waals surface area contributed by atoms with Gasteiger partial charge >= 0.3 is 0 Å². The van der Waals surface area contributed by atoms with E-state index in [1.807, 2.05) is 12.1 Å². The fraction of sp³-hybridized carbons (Fsp3) is 0.462. The summed E-state index contributed by atoms with van der Waals surface area (Å²) in [6.07, 6.45) is -14.3. The Balaban J connectivity index is 1.26. The molecule has 1 aromatic carbocycles. The summed E-state index contributed by atoms with van der Waals surface area (Å²) < 4.78 is 23.6. The molecule has 0 amide bonds. The lowest BCUT2D eigenvalue weighted by Crippen LogP contribution is -2.62. The first-order valence-electron chi connectivity index (χ1n) is 12.6. The van der Waals surface area contributed by atoms with E-state index in [1.165, 1.54) is 10.5 Å². The van der Waals surface area contributed by atoms with Gasteiger partial charge in [0.05, 0.1) is 29.8 Å². The second-order valence-corrected chi connectivity index (χ2v) is 9.92. The van der Waals surface area contributed by atoms with Crippen molar-refractivity contribution in [1.82, 2.24) is 9.38 Å². The number of aliphatic hydroxyl groups is 7. The van der Waals surface area contributed by atoms with Crippen molar-refractivity contribution in [2.75, 3.05) is 13.2 Å². The molecule has 7 N–H and O–H groups in total. The maximum atomic E-state index is 13.5. The van der Waals surface area contributed by atoms with Crippen LogP contribution in [-0.2, 0) is 14.2 Å². The molecule has 14 heteroatoms. The van der Waals surface area contributed by atoms with E-state index in [1.54, 1.807) is 24.4 Å². The van der Waals surface area contributed by atoms with Gasteiger partial charge in [-0.2, -0.15) is 0 Å². The van der Waals surface area contributed by atoms with Crippen LogP contribution in [0.2, 0.25) is 0 Å². The molecule has 2 aliphatic heterocycles. The molecule has 2 saturated heterocycles. The number of pyridine rings is 2. The Labute approximate surface area is 225 Å². The molecule has 2 aliphatic rings. The van der Waals surface area contributed by atoms with Gasteiger partial charge in [0.2, 0.25) is 6.29 Å². The van der Waals surface area contributed by atoms with Gasteiger partial charge in [0.25, 0.3) is 5.56 Å². The summed E-state index contributed by atoms with van der Waals surface area (Å²) in [6.45, 7) is -1.20. The van der Waals surface area contributed by atoms with E-state index in [9.17, 15) is 40.5 Å². The first kappa shape index (κ1) is 27.2. The highest BCUT2D eigenvalue weighted by molar-refractivity contribution is 6.12. The quantitative estimate of drug-likeness (QED) is 0.129. The van der Waals surface area contributed by atoms with E-state index in [0.29, 0.717) is 16.6 Å². The molecule has 5 heterocycles. The Hall–Kier alpha value is -3.02. The number of hydrogen-bond acceptors (Lipinski definition) is 13. The molecule has 4 aromatic rings. The number of benzene rings is 1. The van der Waals surface area contributed by atoms with Crippen LogP contribution < -0.4 is 10.3 Å². The predicted octanol–water partition coefficient (Wildman–Crippen LogP) is -2.56. The first-order valence-corrected chi connectivity index (χ1v) is 12.6. The molecular weight excluding hydrogens is 532 g/mol. The second-order valence-electron chi connectivity index (χ2n) is 9.92. The number of rotatable bonds is 6. The molecule has 2 fully saturated rings. The third-order valence-electron chi connectivity index (χ3n) is 7.48. The monoisotopic (exact) mass is 560 g/mol. The molecule has 0 aliphatic carbocycles. The SMILES string of the molecule is O=c1c(O[C@H]2O[C@H](CO[C@@H]3O[C@@H](CO)[C@@H](O)[C@H](O)C3O)[C@H](O)[C@H](O)[C@@H]2O)cc2nccc3c4ccccc4n1c23. The first-order chi connectivity index (χ1) is 19.2. The van der Waals surface area contributed by atoms with Crippen LogP contribution in [0.1, 0.15) is 0 Å². The van der Waals surface area contributed by atoms with Gasteiger partial charge in [0, 0.05) is 23.0 Å². The summed E-state index contributed by atoms with van der Waals surface area (Å²) in [6, 6.07) is 10.5. The molecule has 10 atom stereocenters. The summed E-state index contributed by atoms with van der Waals surface area (Å²) in [4.78, 5) is 17.9. The number of aliphatic hydroxyl groups excluding tert-OH is 7. The van der Waals surface area contributed by atoms with Crippen molar-refractivity contribution in [3.05, 3.63) is 52.9 Å². The van der Waals surface area contributed by atoms with Crippen molar-refractivity contribution < 1.29 is 54.7 Å². The van der Waals surface area contributed by atoms with Gasteiger partial charge in [0.1, 0.15) is 48.8 Å². The standard InChI is InChI=1S/C26H28N2O12/c29-8-15-18(30)20(32)22(34)25(39-15)37-9-16-19(31)21(33)23(35)26(40-16)38-14-7-12-17-11(5-6-27-12)10-3-1-2-4-13(10)28(17)24(14)36/h1-7,15-16,18-23,25-26,29-35H,8-9H2/t15-,16+,18+,19-,20-,21-,22?,23-,25+,26-/m0/s1. The van der Waals surface area contributed by atoms with Crippen molar-refractivity contribution in [3.8, 4) is 5.75 Å². The highest BCUT2D eigenvalue weighted by Crippen LogP contribution is 2.32. The molecule has 0 bridgehead atoms. The topological polar surface area (TPSA) is 213 Å². The minimum absolute atomic E-state index is 0.227. The second kappa shape index (κ2) is 10.4. The van der Waals surface area contributed by atoms with Gasteiger partial charge in [0.15, 0.2) is 12.0 Å². The average molecular weight is 561 g/mol. The smallest absolute Gasteiger partial charge is 0.298 e. The maximum Gasteiger partial charge on any atom is 0.298 e. The highest BCUT2D eigenvalue weighted by atomic mass is 16.7. The van der Waals surface area contributed by atoms with E-state index in [0.717, 1.165) is 10.8 Å². The van der Waals surface area contributed by atoms with Gasteiger partial charge in [-0.05, 0) is 12.1 Å². The Morgan fingerprint density at radius 2 is 1.50 bits per heavy atom. The molecule has 40 heavy (non-hydrogen) atoms. The maximum absolute atomic E-state index is 13.5. The molecule has 0 radical (unpaired) electrons. The largest absolute Gasteiger partial charge is 0.456 e. The average Bonchev–Trinajstić information content (AvgIpc) is 3.31. The summed E-state index contributed by atoms with van der Waals surface area (Å²) >= 11 is 0. The number of nitrogens with zero attached hydrogens (tertiary/aromatic N) is 2. The van der Waals surface area contributed by atoms with E-state index in [-0.39, 0.29) is 5.75 Å². The predicted molar refractivity (Wildman–Crippen MR) is 135 cm³/mol. The Bertz CT molecular complexity index is 1560. The minimum Gasteiger partial charge on any atom is -0.456 e. The number of para-hydroxylation sites is 1. The van der Waals surface area contributed by atoms with Crippen LogP contribution in [0.3, 0.4) is 0 Å². The summed E-state index contributed by atoms with van der Waals surface area (Å²) in [5.41, 5.74) is 1.10. The molecule has 214 valence electrons. The van der Waals surface area contributed by atoms with E-state index >= 15 is 0 Å². The van der Waals surface area contributed by atoms with Crippen LogP contribution in [0.4, 0.5) is 0 Å². The minimum atomic E-state index is -1.77. The van der Waals surface area contributed by atoms with Gasteiger partial charge in [-0.1, -0.05) is 18.2 Å². The van der Waals surface area contributed by atoms with Gasteiger partial charge < -0.3 is 54.7 Å². The molecule has 14 nitrogen and oxygen atoms in total. The van der Waals surface area contributed by atoms with Gasteiger partial charge in [-0.25, -0.2) is 0 Å². The van der Waals surface area contributed by atoms with Crippen LogP contribution in [0.15, 0.2) is 47.4 Å². The molecule has 6 rings (SSSR count). The summed E-state index contributed by atoms with van der Waals surface area (Å²) in [5, 5.41) is 72.7. The van der Waals surface area contributed by atoms with E-state index in [4.69, 9.17) is 18.9 Å². The zero-order chi connectivity index (χ0) is 28.3. The van der Waals surface area contributed by atoms with Crippen LogP contribution in [0, 0.1) is 0 Å². The van der Waals surface area contributed by atoms with Gasteiger partial charge in [-0.3, -0.25) is 14.2 Å². The third-order valence-corrected chi connectivity index (χ3v) is 7.48. The fourth-order valence-corrected chi connectivity index (χ4v) is 5.31. The molecular formula is C26H28N2O12. The van der Waals surface area contributed by atoms with Crippen molar-refractivity contribution in [3.63, 3.8) is 0 Å². The molecule has 0 saturated carbocycles. The molecule has 3 aromatic heterocycles. The summed E-state index contributed by atoms with van der Waals surface area (Å²) in [5.74, 6) is -0.227. The normalized spacial score (nSPS) is 35.1. The summed E-state index contributed by atoms with van der Waals surface area (Å²) in [7, 11) is 0.